The maximum atomic E-state index is 12.1. The third-order valence-corrected chi connectivity index (χ3v) is 2.41. The van der Waals surface area contributed by atoms with Crippen LogP contribution in [0.2, 0.25) is 0 Å². The molecule has 0 aliphatic heterocycles. The van der Waals surface area contributed by atoms with E-state index in [0.29, 0.717) is 4.90 Å². The fraction of sp³-hybridized carbons (Fsp3) is 0.333. The van der Waals surface area contributed by atoms with Gasteiger partial charge in [0.05, 0.1) is 0 Å². The maximum absolute atomic E-state index is 12.1. The summed E-state index contributed by atoms with van der Waals surface area (Å²) in [6, 6.07) is 5.19. The van der Waals surface area contributed by atoms with Crippen molar-refractivity contribution in [1.82, 2.24) is 10.2 Å². The van der Waals surface area contributed by atoms with Gasteiger partial charge in [0.25, 0.3) is 0 Å². The predicted octanol–water partition coefficient (Wildman–Crippen LogP) is 2.02. The smallest absolute Gasteiger partial charge is 0.406 e. The Kier molecular flexibility index (Phi) is 4.95. The molecule has 8 heteroatoms. The zero-order chi connectivity index (χ0) is 15.3. The number of carbonyl (C=O) groups excluding carboxylic acids is 1. The SMILES string of the molecule is CN(CC(F)(F)F)C(=O)NC(C(=O)O)c1ccccc1. The van der Waals surface area contributed by atoms with Crippen LogP contribution in [0.4, 0.5) is 18.0 Å². The molecule has 1 aromatic carbocycles. The van der Waals surface area contributed by atoms with Crippen molar-refractivity contribution in [3.05, 3.63) is 35.9 Å². The van der Waals surface area contributed by atoms with Crippen molar-refractivity contribution in [2.75, 3.05) is 13.6 Å². The van der Waals surface area contributed by atoms with Gasteiger partial charge in [0.2, 0.25) is 0 Å². The zero-order valence-electron chi connectivity index (χ0n) is 10.5. The number of hydrogen-bond donors (Lipinski definition) is 2. The number of alkyl halides is 3. The highest BCUT2D eigenvalue weighted by Gasteiger charge is 2.32. The molecule has 0 radical (unpaired) electrons. The highest BCUT2D eigenvalue weighted by atomic mass is 19.4. The highest BCUT2D eigenvalue weighted by Crippen LogP contribution is 2.17. The van der Waals surface area contributed by atoms with Crippen molar-refractivity contribution >= 4 is 12.0 Å². The Hall–Kier alpha value is -2.25. The second kappa shape index (κ2) is 6.27. The third kappa shape index (κ3) is 4.79. The molecule has 0 aromatic heterocycles. The van der Waals surface area contributed by atoms with Crippen LogP contribution in [-0.2, 0) is 4.79 Å². The van der Waals surface area contributed by atoms with Crippen LogP contribution in [0.5, 0.6) is 0 Å². The van der Waals surface area contributed by atoms with Crippen LogP contribution >= 0.6 is 0 Å². The van der Waals surface area contributed by atoms with Crippen molar-refractivity contribution in [1.29, 1.82) is 0 Å². The van der Waals surface area contributed by atoms with Gasteiger partial charge in [-0.1, -0.05) is 30.3 Å². The fourth-order valence-electron chi connectivity index (χ4n) is 1.51. The first-order chi connectivity index (χ1) is 9.20. The molecule has 2 amide bonds. The minimum atomic E-state index is -4.54. The molecule has 110 valence electrons. The molecule has 0 bridgehead atoms. The lowest BCUT2D eigenvalue weighted by Gasteiger charge is -2.22. The molecule has 0 spiro atoms. The number of amides is 2. The lowest BCUT2D eigenvalue weighted by atomic mass is 10.1. The second-order valence-electron chi connectivity index (χ2n) is 4.10. The largest absolute Gasteiger partial charge is 0.479 e. The number of urea groups is 1. The number of carboxylic acid groups (broad SMARTS) is 1. The summed E-state index contributed by atoms with van der Waals surface area (Å²) in [6.07, 6.45) is -4.54. The van der Waals surface area contributed by atoms with Crippen LogP contribution in [0.1, 0.15) is 11.6 Å². The Balaban J connectivity index is 2.77. The van der Waals surface area contributed by atoms with Crippen LogP contribution in [-0.4, -0.2) is 41.8 Å². The molecule has 1 rings (SSSR count). The molecule has 0 saturated carbocycles. The molecule has 0 saturated heterocycles. The standard InChI is InChI=1S/C12H13F3N2O3/c1-17(7-12(13,14)15)11(20)16-9(10(18)19)8-5-3-2-4-6-8/h2-6,9H,7H2,1H3,(H,16,20)(H,18,19). The van der Waals surface area contributed by atoms with Crippen molar-refractivity contribution < 1.29 is 27.9 Å². The molecule has 2 N–H and O–H groups in total. The summed E-state index contributed by atoms with van der Waals surface area (Å²) in [5.74, 6) is -1.36. The van der Waals surface area contributed by atoms with Crippen molar-refractivity contribution in [2.45, 2.75) is 12.2 Å². The Labute approximate surface area is 113 Å². The maximum Gasteiger partial charge on any atom is 0.406 e. The molecular weight excluding hydrogens is 277 g/mol. The van der Waals surface area contributed by atoms with Gasteiger partial charge in [0, 0.05) is 7.05 Å². The van der Waals surface area contributed by atoms with E-state index in [1.54, 1.807) is 18.2 Å². The lowest BCUT2D eigenvalue weighted by Crippen LogP contribution is -2.45. The summed E-state index contributed by atoms with van der Waals surface area (Å²) >= 11 is 0. The molecule has 0 fully saturated rings. The van der Waals surface area contributed by atoms with E-state index in [2.05, 4.69) is 0 Å². The number of carboxylic acids is 1. The predicted molar refractivity (Wildman–Crippen MR) is 64.0 cm³/mol. The van der Waals surface area contributed by atoms with E-state index < -0.39 is 30.8 Å². The Morgan fingerprint density at radius 2 is 1.85 bits per heavy atom. The normalized spacial score (nSPS) is 12.6. The quantitative estimate of drug-likeness (QED) is 0.891. The second-order valence-corrected chi connectivity index (χ2v) is 4.10. The summed E-state index contributed by atoms with van der Waals surface area (Å²) in [6.45, 7) is -1.46. The molecule has 0 aliphatic rings. The fourth-order valence-corrected chi connectivity index (χ4v) is 1.51. The van der Waals surface area contributed by atoms with E-state index in [4.69, 9.17) is 5.11 Å². The Bertz CT molecular complexity index is 477. The van der Waals surface area contributed by atoms with Gasteiger partial charge in [-0.2, -0.15) is 13.2 Å². The Morgan fingerprint density at radius 1 is 1.30 bits per heavy atom. The summed E-state index contributed by atoms with van der Waals surface area (Å²) in [7, 11) is 0.937. The number of hydrogen-bond acceptors (Lipinski definition) is 2. The summed E-state index contributed by atoms with van der Waals surface area (Å²) in [4.78, 5) is 23.0. The van der Waals surface area contributed by atoms with Gasteiger partial charge < -0.3 is 15.3 Å². The van der Waals surface area contributed by atoms with E-state index in [-0.39, 0.29) is 5.56 Å². The van der Waals surface area contributed by atoms with Gasteiger partial charge in [-0.25, -0.2) is 9.59 Å². The molecule has 20 heavy (non-hydrogen) atoms. The molecular formula is C12H13F3N2O3. The highest BCUT2D eigenvalue weighted by molar-refractivity contribution is 5.83. The Morgan fingerprint density at radius 3 is 2.30 bits per heavy atom. The van der Waals surface area contributed by atoms with Gasteiger partial charge in [-0.05, 0) is 5.56 Å². The first-order valence-electron chi connectivity index (χ1n) is 5.57. The minimum absolute atomic E-state index is 0.272. The van der Waals surface area contributed by atoms with E-state index in [1.165, 1.54) is 12.1 Å². The molecule has 0 aliphatic carbocycles. The van der Waals surface area contributed by atoms with Crippen molar-refractivity contribution in [2.24, 2.45) is 0 Å². The zero-order valence-corrected chi connectivity index (χ0v) is 10.5. The summed E-state index contributed by atoms with van der Waals surface area (Å²) < 4.78 is 36.4. The van der Waals surface area contributed by atoms with Gasteiger partial charge in [0.1, 0.15) is 6.54 Å². The number of rotatable bonds is 4. The number of nitrogens with zero attached hydrogens (tertiary/aromatic N) is 1. The van der Waals surface area contributed by atoms with Crippen LogP contribution < -0.4 is 5.32 Å². The average Bonchev–Trinajstić information content (AvgIpc) is 2.34. The van der Waals surface area contributed by atoms with Gasteiger partial charge in [-0.15, -0.1) is 0 Å². The number of halogens is 3. The number of benzene rings is 1. The van der Waals surface area contributed by atoms with E-state index in [1.807, 2.05) is 5.32 Å². The number of aliphatic carboxylic acids is 1. The molecule has 0 heterocycles. The lowest BCUT2D eigenvalue weighted by molar-refractivity contribution is -0.140. The first-order valence-corrected chi connectivity index (χ1v) is 5.57. The van der Waals surface area contributed by atoms with Gasteiger partial charge in [-0.3, -0.25) is 0 Å². The number of carbonyl (C=O) groups is 2. The minimum Gasteiger partial charge on any atom is -0.479 e. The topological polar surface area (TPSA) is 69.6 Å². The molecule has 5 nitrogen and oxygen atoms in total. The van der Waals surface area contributed by atoms with E-state index in [9.17, 15) is 22.8 Å². The molecule has 1 atom stereocenters. The van der Waals surface area contributed by atoms with Crippen LogP contribution in [0.15, 0.2) is 30.3 Å². The van der Waals surface area contributed by atoms with Crippen molar-refractivity contribution in [3.63, 3.8) is 0 Å². The molecule has 1 aromatic rings. The van der Waals surface area contributed by atoms with E-state index in [0.717, 1.165) is 7.05 Å². The first kappa shape index (κ1) is 15.8. The van der Waals surface area contributed by atoms with Crippen LogP contribution in [0.25, 0.3) is 0 Å². The molecule has 1 unspecified atom stereocenters. The van der Waals surface area contributed by atoms with Crippen molar-refractivity contribution in [3.8, 4) is 0 Å². The number of nitrogens with one attached hydrogen (secondary N) is 1. The van der Waals surface area contributed by atoms with Gasteiger partial charge in [0.15, 0.2) is 6.04 Å². The summed E-state index contributed by atoms with van der Waals surface area (Å²) in [5.41, 5.74) is 0.272. The third-order valence-electron chi connectivity index (χ3n) is 2.41. The van der Waals surface area contributed by atoms with E-state index >= 15 is 0 Å². The van der Waals surface area contributed by atoms with Gasteiger partial charge >= 0.3 is 18.2 Å². The average molecular weight is 290 g/mol. The van der Waals surface area contributed by atoms with Crippen LogP contribution in [0.3, 0.4) is 0 Å². The van der Waals surface area contributed by atoms with Crippen LogP contribution in [0, 0.1) is 0 Å². The monoisotopic (exact) mass is 290 g/mol. The summed E-state index contributed by atoms with van der Waals surface area (Å²) in [5, 5.41) is 11.1.